The fourth-order valence-electron chi connectivity index (χ4n) is 2.38. The first-order valence-corrected chi connectivity index (χ1v) is 7.57. The fraction of sp³-hybridized carbons (Fsp3) is 0.467. The van der Waals surface area contributed by atoms with Crippen LogP contribution in [0.15, 0.2) is 34.2 Å². The van der Waals surface area contributed by atoms with E-state index in [9.17, 15) is 14.4 Å². The summed E-state index contributed by atoms with van der Waals surface area (Å²) < 4.78 is 3.18. The van der Waals surface area contributed by atoms with Crippen LogP contribution >= 0.6 is 0 Å². The molecule has 0 saturated heterocycles. The van der Waals surface area contributed by atoms with Crippen molar-refractivity contribution in [1.82, 2.24) is 24.4 Å². The van der Waals surface area contributed by atoms with Crippen LogP contribution < -0.4 is 16.6 Å². The number of carbonyl (C=O) groups excluding carboxylic acids is 1. The molecule has 0 spiro atoms. The summed E-state index contributed by atoms with van der Waals surface area (Å²) in [6.07, 6.45) is 6.77. The van der Waals surface area contributed by atoms with Crippen molar-refractivity contribution >= 4 is 5.91 Å². The van der Waals surface area contributed by atoms with E-state index in [2.05, 4.69) is 15.3 Å². The summed E-state index contributed by atoms with van der Waals surface area (Å²) in [6, 6.07) is 1.10. The molecule has 2 rings (SSSR count). The third-order valence-electron chi connectivity index (χ3n) is 3.56. The van der Waals surface area contributed by atoms with Gasteiger partial charge in [0.15, 0.2) is 0 Å². The molecule has 1 amide bonds. The first kappa shape index (κ1) is 16.7. The van der Waals surface area contributed by atoms with Gasteiger partial charge in [0.05, 0.1) is 6.04 Å². The standard InChI is InChI=1S/C15H21N5O3/c1-3-4-11(14-16-7-10-19(14)2)17-12(21)5-8-20-9-6-13(22)18-15(20)23/h6-7,9-11H,3-5,8H2,1-2H3,(H,17,21)(H,18,22,23)/t11-/m0/s1. The van der Waals surface area contributed by atoms with Crippen LogP contribution in [0.4, 0.5) is 0 Å². The maximum absolute atomic E-state index is 12.2. The van der Waals surface area contributed by atoms with Crippen LogP contribution in [-0.2, 0) is 18.4 Å². The molecule has 8 heteroatoms. The number of imidazole rings is 1. The van der Waals surface area contributed by atoms with Gasteiger partial charge in [-0.05, 0) is 6.42 Å². The Labute approximate surface area is 133 Å². The van der Waals surface area contributed by atoms with Gasteiger partial charge in [-0.3, -0.25) is 14.6 Å². The number of nitrogens with zero attached hydrogens (tertiary/aromatic N) is 3. The van der Waals surface area contributed by atoms with Gasteiger partial charge >= 0.3 is 5.69 Å². The maximum atomic E-state index is 12.2. The zero-order chi connectivity index (χ0) is 16.8. The first-order valence-electron chi connectivity index (χ1n) is 7.57. The summed E-state index contributed by atoms with van der Waals surface area (Å²) in [6.45, 7) is 2.25. The monoisotopic (exact) mass is 319 g/mol. The van der Waals surface area contributed by atoms with Gasteiger partial charge in [-0.2, -0.15) is 0 Å². The Morgan fingerprint density at radius 1 is 1.39 bits per heavy atom. The smallest absolute Gasteiger partial charge is 0.328 e. The number of aromatic amines is 1. The second-order valence-electron chi connectivity index (χ2n) is 5.36. The highest BCUT2D eigenvalue weighted by Crippen LogP contribution is 2.16. The highest BCUT2D eigenvalue weighted by atomic mass is 16.2. The molecule has 2 heterocycles. The molecule has 0 aliphatic heterocycles. The van der Waals surface area contributed by atoms with E-state index in [-0.39, 0.29) is 24.9 Å². The normalized spacial score (nSPS) is 12.1. The fourth-order valence-corrected chi connectivity index (χ4v) is 2.38. The minimum atomic E-state index is -0.514. The average molecular weight is 319 g/mol. The van der Waals surface area contributed by atoms with E-state index in [4.69, 9.17) is 0 Å². The van der Waals surface area contributed by atoms with Gasteiger partial charge in [-0.15, -0.1) is 0 Å². The number of H-pyrrole nitrogens is 1. The van der Waals surface area contributed by atoms with Crippen molar-refractivity contribution in [2.24, 2.45) is 7.05 Å². The van der Waals surface area contributed by atoms with Crippen LogP contribution in [0.1, 0.15) is 38.1 Å². The van der Waals surface area contributed by atoms with Crippen LogP contribution in [0, 0.1) is 0 Å². The third kappa shape index (κ3) is 4.41. The Balaban J connectivity index is 1.98. The lowest BCUT2D eigenvalue weighted by Gasteiger charge is -2.18. The number of hydrogen-bond acceptors (Lipinski definition) is 4. The molecule has 2 N–H and O–H groups in total. The molecule has 2 aromatic rings. The Bertz CT molecular complexity index is 774. The van der Waals surface area contributed by atoms with Crippen molar-refractivity contribution in [3.63, 3.8) is 0 Å². The SMILES string of the molecule is CCC[C@H](NC(=O)CCn1ccc(=O)[nH]c1=O)c1nccn1C. The molecule has 0 radical (unpaired) electrons. The number of hydrogen-bond donors (Lipinski definition) is 2. The van der Waals surface area contributed by atoms with Crippen molar-refractivity contribution in [2.75, 3.05) is 0 Å². The summed E-state index contributed by atoms with van der Waals surface area (Å²) >= 11 is 0. The number of rotatable bonds is 7. The number of nitrogens with one attached hydrogen (secondary N) is 2. The van der Waals surface area contributed by atoms with Crippen molar-refractivity contribution in [3.05, 3.63) is 51.3 Å². The van der Waals surface area contributed by atoms with E-state index in [1.54, 1.807) is 6.20 Å². The van der Waals surface area contributed by atoms with Gasteiger partial charge in [0.25, 0.3) is 5.56 Å². The van der Waals surface area contributed by atoms with Crippen molar-refractivity contribution in [2.45, 2.75) is 38.8 Å². The molecule has 124 valence electrons. The van der Waals surface area contributed by atoms with Crippen LogP contribution in [0.2, 0.25) is 0 Å². The molecule has 0 aliphatic carbocycles. The summed E-state index contributed by atoms with van der Waals surface area (Å²) in [4.78, 5) is 41.2. The highest BCUT2D eigenvalue weighted by molar-refractivity contribution is 5.76. The van der Waals surface area contributed by atoms with Crippen molar-refractivity contribution in [3.8, 4) is 0 Å². The number of aryl methyl sites for hydroxylation is 2. The van der Waals surface area contributed by atoms with Crippen LogP contribution in [-0.4, -0.2) is 25.0 Å². The second-order valence-corrected chi connectivity index (χ2v) is 5.36. The van der Waals surface area contributed by atoms with Gasteiger partial charge in [0.1, 0.15) is 5.82 Å². The van der Waals surface area contributed by atoms with Gasteiger partial charge in [0, 0.05) is 44.7 Å². The Morgan fingerprint density at radius 2 is 2.17 bits per heavy atom. The van der Waals surface area contributed by atoms with E-state index in [0.717, 1.165) is 18.7 Å². The molecule has 0 fully saturated rings. The summed E-state index contributed by atoms with van der Waals surface area (Å²) in [5.41, 5.74) is -0.965. The van der Waals surface area contributed by atoms with E-state index < -0.39 is 11.2 Å². The molecule has 8 nitrogen and oxygen atoms in total. The molecule has 0 aromatic carbocycles. The van der Waals surface area contributed by atoms with Crippen LogP contribution in [0.25, 0.3) is 0 Å². The van der Waals surface area contributed by atoms with Crippen molar-refractivity contribution in [1.29, 1.82) is 0 Å². The minimum Gasteiger partial charge on any atom is -0.346 e. The highest BCUT2D eigenvalue weighted by Gasteiger charge is 2.17. The van der Waals surface area contributed by atoms with E-state index in [0.29, 0.717) is 0 Å². The first-order chi connectivity index (χ1) is 11.0. The lowest BCUT2D eigenvalue weighted by molar-refractivity contribution is -0.122. The molecule has 1 atom stereocenters. The minimum absolute atomic E-state index is 0.149. The second kappa shape index (κ2) is 7.57. The molecule has 2 aromatic heterocycles. The van der Waals surface area contributed by atoms with Crippen LogP contribution in [0.5, 0.6) is 0 Å². The van der Waals surface area contributed by atoms with Gasteiger partial charge in [-0.25, -0.2) is 9.78 Å². The molecular formula is C15H21N5O3. The number of aromatic nitrogens is 4. The average Bonchev–Trinajstić information content (AvgIpc) is 2.92. The zero-order valence-electron chi connectivity index (χ0n) is 13.3. The molecule has 0 saturated carbocycles. The summed E-state index contributed by atoms with van der Waals surface area (Å²) in [5.74, 6) is 0.644. The van der Waals surface area contributed by atoms with Gasteiger partial charge < -0.3 is 14.5 Å². The number of carbonyl (C=O) groups is 1. The van der Waals surface area contributed by atoms with Crippen molar-refractivity contribution < 1.29 is 4.79 Å². The topological polar surface area (TPSA) is 102 Å². The predicted molar refractivity (Wildman–Crippen MR) is 84.9 cm³/mol. The number of amides is 1. The zero-order valence-corrected chi connectivity index (χ0v) is 13.3. The van der Waals surface area contributed by atoms with Gasteiger partial charge in [-0.1, -0.05) is 13.3 Å². The quantitative estimate of drug-likeness (QED) is 0.767. The molecule has 0 unspecified atom stereocenters. The lowest BCUT2D eigenvalue weighted by atomic mass is 10.1. The predicted octanol–water partition coefficient (Wildman–Crippen LogP) is 0.318. The van der Waals surface area contributed by atoms with E-state index in [1.165, 1.54) is 16.8 Å². The Hall–Kier alpha value is -2.64. The molecule has 0 aliphatic rings. The van der Waals surface area contributed by atoms with Crippen LogP contribution in [0.3, 0.4) is 0 Å². The largest absolute Gasteiger partial charge is 0.346 e. The Kier molecular flexibility index (Phi) is 5.51. The Morgan fingerprint density at radius 3 is 2.78 bits per heavy atom. The molecule has 0 bridgehead atoms. The lowest BCUT2D eigenvalue weighted by Crippen LogP contribution is -2.33. The summed E-state index contributed by atoms with van der Waals surface area (Å²) in [7, 11) is 1.89. The third-order valence-corrected chi connectivity index (χ3v) is 3.56. The molecule has 23 heavy (non-hydrogen) atoms. The van der Waals surface area contributed by atoms with E-state index in [1.807, 2.05) is 24.7 Å². The molecular weight excluding hydrogens is 298 g/mol. The maximum Gasteiger partial charge on any atom is 0.328 e. The van der Waals surface area contributed by atoms with E-state index >= 15 is 0 Å². The summed E-state index contributed by atoms with van der Waals surface area (Å²) in [5, 5.41) is 2.95. The van der Waals surface area contributed by atoms with Gasteiger partial charge in [0.2, 0.25) is 5.91 Å².